The highest BCUT2D eigenvalue weighted by Crippen LogP contribution is 2.29. The van der Waals surface area contributed by atoms with Crippen molar-refractivity contribution in [2.45, 2.75) is 52.7 Å². The van der Waals surface area contributed by atoms with Gasteiger partial charge in [0.2, 0.25) is 0 Å². The van der Waals surface area contributed by atoms with Crippen molar-refractivity contribution >= 4 is 41.7 Å². The molecule has 0 saturated heterocycles. The third kappa shape index (κ3) is 6.24. The zero-order valence-electron chi connectivity index (χ0n) is 17.5. The molecule has 0 aliphatic carbocycles. The van der Waals surface area contributed by atoms with Crippen LogP contribution in [0.5, 0.6) is 0 Å². The number of H-pyrrole nitrogens is 1. The molecule has 0 aliphatic rings. The van der Waals surface area contributed by atoms with Gasteiger partial charge in [-0.3, -0.25) is 5.10 Å². The van der Waals surface area contributed by atoms with Crippen LogP contribution >= 0.6 is 23.8 Å². The average Bonchev–Trinajstić information content (AvgIpc) is 2.56. The Kier molecular flexibility index (Phi) is 6.88. The van der Waals surface area contributed by atoms with E-state index in [1.165, 1.54) is 24.3 Å². The molecular formula is C20H23ClFN3O4S. The van der Waals surface area contributed by atoms with Crippen LogP contribution in [0.3, 0.4) is 0 Å². The summed E-state index contributed by atoms with van der Waals surface area (Å²) in [5, 5.41) is 6.82. The lowest BCUT2D eigenvalue weighted by Gasteiger charge is -2.28. The number of carbonyl (C=O) groups excluding carboxylic acids is 2. The van der Waals surface area contributed by atoms with E-state index in [0.29, 0.717) is 4.90 Å². The first-order chi connectivity index (χ1) is 13.7. The number of hydrogen-bond acceptors (Lipinski definition) is 6. The first-order valence-corrected chi connectivity index (χ1v) is 9.78. The molecule has 30 heavy (non-hydrogen) atoms. The molecule has 162 valence electrons. The standard InChI is InChI=1S/C20H23ClFN3O4S/c1-19(2,3)28-17(26)25(18(27)29-20(4,5)6)15-10-14(23-24-16(15)30)12-9-11(21)7-8-13(12)22/h7-10H,1-6H3,(H,24,30). The molecule has 1 heterocycles. The molecule has 0 fully saturated rings. The minimum atomic E-state index is -1.00. The number of ether oxygens (including phenoxy) is 2. The molecular weight excluding hydrogens is 433 g/mol. The molecule has 2 aromatic rings. The van der Waals surface area contributed by atoms with Gasteiger partial charge in [0.05, 0.1) is 11.4 Å². The molecule has 0 spiro atoms. The highest BCUT2D eigenvalue weighted by Gasteiger charge is 2.34. The molecule has 0 aliphatic heterocycles. The fourth-order valence-corrected chi connectivity index (χ4v) is 2.65. The molecule has 7 nitrogen and oxygen atoms in total. The maximum absolute atomic E-state index is 14.3. The lowest BCUT2D eigenvalue weighted by molar-refractivity contribution is 0.0430. The van der Waals surface area contributed by atoms with Crippen LogP contribution in [-0.2, 0) is 9.47 Å². The topological polar surface area (TPSA) is 84.5 Å². The van der Waals surface area contributed by atoms with Crippen LogP contribution in [0.25, 0.3) is 11.3 Å². The summed E-state index contributed by atoms with van der Waals surface area (Å²) in [5.41, 5.74) is -1.72. The van der Waals surface area contributed by atoms with Gasteiger partial charge >= 0.3 is 12.2 Å². The molecule has 0 bridgehead atoms. The maximum atomic E-state index is 14.3. The second-order valence-electron chi connectivity index (χ2n) is 8.39. The van der Waals surface area contributed by atoms with Crippen LogP contribution in [0, 0.1) is 10.5 Å². The Hall–Kier alpha value is -2.52. The Morgan fingerprint density at radius 2 is 1.60 bits per heavy atom. The summed E-state index contributed by atoms with van der Waals surface area (Å²) in [7, 11) is 0. The first-order valence-electron chi connectivity index (χ1n) is 8.99. The number of hydrogen-bond donors (Lipinski definition) is 1. The van der Waals surface area contributed by atoms with Crippen LogP contribution in [0.1, 0.15) is 41.5 Å². The van der Waals surface area contributed by atoms with Crippen molar-refractivity contribution in [1.82, 2.24) is 10.2 Å². The van der Waals surface area contributed by atoms with Gasteiger partial charge in [-0.05, 0) is 65.8 Å². The summed E-state index contributed by atoms with van der Waals surface area (Å²) in [6, 6.07) is 5.23. The summed E-state index contributed by atoms with van der Waals surface area (Å²) in [4.78, 5) is 26.3. The van der Waals surface area contributed by atoms with Gasteiger partial charge in [0.1, 0.15) is 21.7 Å². The second-order valence-corrected chi connectivity index (χ2v) is 9.23. The third-order valence-corrected chi connectivity index (χ3v) is 3.92. The summed E-state index contributed by atoms with van der Waals surface area (Å²) in [6.07, 6.45) is -2.00. The van der Waals surface area contributed by atoms with E-state index in [0.717, 1.165) is 0 Å². The number of nitrogens with one attached hydrogen (secondary N) is 1. The first kappa shape index (κ1) is 23.8. The van der Waals surface area contributed by atoms with Crippen molar-refractivity contribution < 1.29 is 23.5 Å². The fraction of sp³-hybridized carbons (Fsp3) is 0.400. The van der Waals surface area contributed by atoms with Crippen molar-refractivity contribution in [3.05, 3.63) is 39.7 Å². The van der Waals surface area contributed by atoms with Crippen molar-refractivity contribution in [2.24, 2.45) is 0 Å². The number of anilines is 1. The van der Waals surface area contributed by atoms with Crippen molar-refractivity contribution in [3.8, 4) is 11.3 Å². The van der Waals surface area contributed by atoms with Crippen LogP contribution < -0.4 is 4.90 Å². The molecule has 10 heteroatoms. The lowest BCUT2D eigenvalue weighted by Crippen LogP contribution is -2.44. The average molecular weight is 456 g/mol. The van der Waals surface area contributed by atoms with Gasteiger partial charge < -0.3 is 9.47 Å². The van der Waals surface area contributed by atoms with Gasteiger partial charge in [-0.1, -0.05) is 23.8 Å². The van der Waals surface area contributed by atoms with Crippen LogP contribution in [-0.4, -0.2) is 33.6 Å². The quantitative estimate of drug-likeness (QED) is 0.537. The van der Waals surface area contributed by atoms with E-state index in [4.69, 9.17) is 33.3 Å². The number of benzene rings is 1. The number of carbonyl (C=O) groups is 2. The fourth-order valence-electron chi connectivity index (χ4n) is 2.28. The van der Waals surface area contributed by atoms with Crippen LogP contribution in [0.15, 0.2) is 24.3 Å². The number of amides is 2. The molecule has 2 amide bonds. The minimum absolute atomic E-state index is 0.0436. The molecule has 1 N–H and O–H groups in total. The van der Waals surface area contributed by atoms with E-state index < -0.39 is 29.2 Å². The Bertz CT molecular complexity index is 1000. The maximum Gasteiger partial charge on any atom is 0.424 e. The summed E-state index contributed by atoms with van der Waals surface area (Å²) in [6.45, 7) is 9.91. The van der Waals surface area contributed by atoms with Gasteiger partial charge in [-0.15, -0.1) is 0 Å². The Morgan fingerprint density at radius 1 is 1.07 bits per heavy atom. The predicted octanol–water partition coefficient (Wildman–Crippen LogP) is 6.28. The van der Waals surface area contributed by atoms with Gasteiger partial charge in [0.15, 0.2) is 0 Å². The van der Waals surface area contributed by atoms with Gasteiger partial charge in [0.25, 0.3) is 0 Å². The van der Waals surface area contributed by atoms with Gasteiger partial charge in [-0.25, -0.2) is 14.0 Å². The van der Waals surface area contributed by atoms with Crippen molar-refractivity contribution in [1.29, 1.82) is 0 Å². The van der Waals surface area contributed by atoms with E-state index >= 15 is 0 Å². The largest absolute Gasteiger partial charge is 0.443 e. The van der Waals surface area contributed by atoms with E-state index in [1.807, 2.05) is 0 Å². The summed E-state index contributed by atoms with van der Waals surface area (Å²) >= 11 is 11.2. The molecule has 0 saturated carbocycles. The molecule has 1 aromatic carbocycles. The zero-order valence-corrected chi connectivity index (χ0v) is 19.1. The Morgan fingerprint density at radius 3 is 2.10 bits per heavy atom. The number of nitrogens with zero attached hydrogens (tertiary/aromatic N) is 2. The molecule has 0 radical (unpaired) electrons. The highest BCUT2D eigenvalue weighted by atomic mass is 35.5. The number of aromatic amines is 1. The van der Waals surface area contributed by atoms with Gasteiger partial charge in [0, 0.05) is 10.6 Å². The molecule has 0 unspecified atom stereocenters. The third-order valence-electron chi connectivity index (χ3n) is 3.38. The van der Waals surface area contributed by atoms with E-state index in [-0.39, 0.29) is 26.6 Å². The monoisotopic (exact) mass is 455 g/mol. The van der Waals surface area contributed by atoms with E-state index in [9.17, 15) is 14.0 Å². The Labute approximate surface area is 184 Å². The number of halogens is 2. The second kappa shape index (κ2) is 8.69. The number of aromatic nitrogens is 2. The molecule has 2 rings (SSSR count). The lowest BCUT2D eigenvalue weighted by atomic mass is 10.1. The van der Waals surface area contributed by atoms with Gasteiger partial charge in [-0.2, -0.15) is 10.00 Å². The van der Waals surface area contributed by atoms with Crippen molar-refractivity contribution in [2.75, 3.05) is 4.90 Å². The minimum Gasteiger partial charge on any atom is -0.443 e. The summed E-state index contributed by atoms with van der Waals surface area (Å²) < 4.78 is 25.0. The normalized spacial score (nSPS) is 11.7. The Balaban J connectivity index is 2.62. The predicted molar refractivity (Wildman–Crippen MR) is 115 cm³/mol. The zero-order chi connectivity index (χ0) is 22.9. The van der Waals surface area contributed by atoms with E-state index in [2.05, 4.69) is 10.2 Å². The van der Waals surface area contributed by atoms with E-state index in [1.54, 1.807) is 41.5 Å². The number of imide groups is 1. The molecule has 1 aromatic heterocycles. The highest BCUT2D eigenvalue weighted by molar-refractivity contribution is 7.71. The smallest absolute Gasteiger partial charge is 0.424 e. The van der Waals surface area contributed by atoms with Crippen molar-refractivity contribution in [3.63, 3.8) is 0 Å². The van der Waals surface area contributed by atoms with Crippen LogP contribution in [0.2, 0.25) is 5.02 Å². The molecule has 0 atom stereocenters. The summed E-state index contributed by atoms with van der Waals surface area (Å²) in [5.74, 6) is -0.593. The number of rotatable bonds is 2. The van der Waals surface area contributed by atoms with Crippen LogP contribution in [0.4, 0.5) is 19.7 Å². The SMILES string of the molecule is CC(C)(C)OC(=O)N(C(=O)OC(C)(C)C)c1cc(-c2cc(Cl)ccc2F)n[nH]c1=S.